The Bertz CT molecular complexity index is 907. The molecule has 0 bridgehead atoms. The zero-order chi connectivity index (χ0) is 15.7. The first-order valence-corrected chi connectivity index (χ1v) is 8.49. The SMILES string of the molecule is O=C(CS(=O)(=O)c1ccc(Cl)cc1)c1cc2ccccc2o1. The lowest BCUT2D eigenvalue weighted by Crippen LogP contribution is -2.15. The molecule has 22 heavy (non-hydrogen) atoms. The van der Waals surface area contributed by atoms with Crippen LogP contribution in [0.3, 0.4) is 0 Å². The minimum Gasteiger partial charge on any atom is -0.453 e. The van der Waals surface area contributed by atoms with Gasteiger partial charge in [0.15, 0.2) is 15.6 Å². The number of rotatable bonds is 4. The fourth-order valence-corrected chi connectivity index (χ4v) is 3.42. The topological polar surface area (TPSA) is 64.3 Å². The van der Waals surface area contributed by atoms with Gasteiger partial charge in [-0.1, -0.05) is 29.8 Å². The van der Waals surface area contributed by atoms with Crippen LogP contribution in [0.15, 0.2) is 63.9 Å². The molecule has 0 aliphatic rings. The molecule has 0 N–H and O–H groups in total. The van der Waals surface area contributed by atoms with E-state index in [0.717, 1.165) is 5.39 Å². The molecular weight excluding hydrogens is 324 g/mol. The van der Waals surface area contributed by atoms with E-state index in [-0.39, 0.29) is 10.7 Å². The Hall–Kier alpha value is -2.11. The highest BCUT2D eigenvalue weighted by molar-refractivity contribution is 7.92. The molecule has 0 amide bonds. The van der Waals surface area contributed by atoms with Gasteiger partial charge in [0.05, 0.1) is 4.90 Å². The first kappa shape index (κ1) is 14.8. The molecule has 4 nitrogen and oxygen atoms in total. The van der Waals surface area contributed by atoms with Gasteiger partial charge in [-0.25, -0.2) is 8.42 Å². The van der Waals surface area contributed by atoms with Gasteiger partial charge in [0.2, 0.25) is 5.78 Å². The van der Waals surface area contributed by atoms with Gasteiger partial charge in [0.1, 0.15) is 11.3 Å². The van der Waals surface area contributed by atoms with Crippen LogP contribution >= 0.6 is 11.6 Å². The molecule has 3 rings (SSSR count). The molecule has 2 aromatic carbocycles. The van der Waals surface area contributed by atoms with Crippen LogP contribution in [-0.2, 0) is 9.84 Å². The normalized spacial score (nSPS) is 11.7. The summed E-state index contributed by atoms with van der Waals surface area (Å²) in [7, 11) is -3.73. The summed E-state index contributed by atoms with van der Waals surface area (Å²) >= 11 is 5.73. The molecule has 0 unspecified atom stereocenters. The van der Waals surface area contributed by atoms with Gasteiger partial charge in [-0.3, -0.25) is 4.79 Å². The zero-order valence-corrected chi connectivity index (χ0v) is 12.9. The van der Waals surface area contributed by atoms with E-state index in [1.807, 2.05) is 6.07 Å². The number of carbonyl (C=O) groups excluding carboxylic acids is 1. The summed E-state index contributed by atoms with van der Waals surface area (Å²) in [5.41, 5.74) is 0.551. The lowest BCUT2D eigenvalue weighted by molar-refractivity contribution is 0.0992. The Labute approximate surface area is 132 Å². The van der Waals surface area contributed by atoms with Crippen LogP contribution in [0.4, 0.5) is 0 Å². The maximum absolute atomic E-state index is 12.2. The minimum absolute atomic E-state index is 0.0405. The van der Waals surface area contributed by atoms with Crippen LogP contribution in [0, 0.1) is 0 Å². The Morgan fingerprint density at radius 2 is 1.73 bits per heavy atom. The predicted molar refractivity (Wildman–Crippen MR) is 84.0 cm³/mol. The largest absolute Gasteiger partial charge is 0.453 e. The number of ketones is 1. The van der Waals surface area contributed by atoms with Crippen molar-refractivity contribution in [1.29, 1.82) is 0 Å². The maximum Gasteiger partial charge on any atom is 0.213 e. The van der Waals surface area contributed by atoms with Crippen molar-refractivity contribution < 1.29 is 17.6 Å². The summed E-state index contributed by atoms with van der Waals surface area (Å²) in [5.74, 6) is -1.18. The maximum atomic E-state index is 12.2. The monoisotopic (exact) mass is 334 g/mol. The second-order valence-electron chi connectivity index (χ2n) is 4.78. The van der Waals surface area contributed by atoms with Gasteiger partial charge in [-0.15, -0.1) is 0 Å². The molecule has 6 heteroatoms. The lowest BCUT2D eigenvalue weighted by Gasteiger charge is -2.02. The standard InChI is InChI=1S/C16H11ClO4S/c17-12-5-7-13(8-6-12)22(19,20)10-14(18)16-9-11-3-1-2-4-15(11)21-16/h1-9H,10H2. The molecular formula is C16H11ClO4S. The summed E-state index contributed by atoms with van der Waals surface area (Å²) in [4.78, 5) is 12.2. The van der Waals surface area contributed by atoms with Crippen LogP contribution in [-0.4, -0.2) is 20.0 Å². The molecule has 0 aliphatic carbocycles. The van der Waals surface area contributed by atoms with E-state index in [1.54, 1.807) is 24.3 Å². The first-order chi connectivity index (χ1) is 10.5. The number of sulfone groups is 1. The molecule has 1 aromatic heterocycles. The molecule has 0 aliphatic heterocycles. The summed E-state index contributed by atoms with van der Waals surface area (Å²) in [6, 6.07) is 14.4. The van der Waals surface area contributed by atoms with Crippen molar-refractivity contribution in [3.05, 3.63) is 65.4 Å². The van der Waals surface area contributed by atoms with Crippen LogP contribution in [0.5, 0.6) is 0 Å². The van der Waals surface area contributed by atoms with E-state index in [0.29, 0.717) is 10.6 Å². The number of hydrogen-bond acceptors (Lipinski definition) is 4. The summed E-state index contributed by atoms with van der Waals surface area (Å²) in [6.07, 6.45) is 0. The Morgan fingerprint density at radius 1 is 1.05 bits per heavy atom. The highest BCUT2D eigenvalue weighted by Crippen LogP contribution is 2.21. The van der Waals surface area contributed by atoms with E-state index in [4.69, 9.17) is 16.0 Å². The number of halogens is 1. The average Bonchev–Trinajstić information content (AvgIpc) is 2.91. The molecule has 0 atom stereocenters. The number of furan rings is 1. The third-order valence-corrected chi connectivity index (χ3v) is 5.08. The Balaban J connectivity index is 1.88. The molecule has 0 fully saturated rings. The van der Waals surface area contributed by atoms with E-state index in [9.17, 15) is 13.2 Å². The third-order valence-electron chi connectivity index (χ3n) is 3.19. The van der Waals surface area contributed by atoms with Crippen molar-refractivity contribution in [2.45, 2.75) is 4.90 Å². The fraction of sp³-hybridized carbons (Fsp3) is 0.0625. The molecule has 3 aromatic rings. The number of carbonyl (C=O) groups is 1. The highest BCUT2D eigenvalue weighted by Gasteiger charge is 2.22. The fourth-order valence-electron chi connectivity index (χ4n) is 2.09. The molecule has 112 valence electrons. The molecule has 0 spiro atoms. The van der Waals surface area contributed by atoms with Gasteiger partial charge < -0.3 is 4.42 Å². The highest BCUT2D eigenvalue weighted by atomic mass is 35.5. The molecule has 0 saturated carbocycles. The van der Waals surface area contributed by atoms with Gasteiger partial charge >= 0.3 is 0 Å². The van der Waals surface area contributed by atoms with Gasteiger partial charge in [0, 0.05) is 10.4 Å². The number of fused-ring (bicyclic) bond motifs is 1. The van der Waals surface area contributed by atoms with Crippen LogP contribution < -0.4 is 0 Å². The van der Waals surface area contributed by atoms with Crippen molar-refractivity contribution >= 4 is 38.2 Å². The van der Waals surface area contributed by atoms with E-state index in [2.05, 4.69) is 0 Å². The van der Waals surface area contributed by atoms with Crippen molar-refractivity contribution in [3.8, 4) is 0 Å². The van der Waals surface area contributed by atoms with Crippen molar-refractivity contribution in [1.82, 2.24) is 0 Å². The van der Waals surface area contributed by atoms with Crippen LogP contribution in [0.2, 0.25) is 5.02 Å². The van der Waals surface area contributed by atoms with Crippen LogP contribution in [0.25, 0.3) is 11.0 Å². The van der Waals surface area contributed by atoms with Crippen molar-refractivity contribution in [2.24, 2.45) is 0 Å². The summed E-state index contributed by atoms with van der Waals surface area (Å²) in [6.45, 7) is 0. The van der Waals surface area contributed by atoms with E-state index < -0.39 is 21.4 Å². The Kier molecular flexibility index (Phi) is 3.76. The van der Waals surface area contributed by atoms with Crippen LogP contribution in [0.1, 0.15) is 10.6 Å². The molecule has 1 heterocycles. The van der Waals surface area contributed by atoms with Gasteiger partial charge in [0.25, 0.3) is 0 Å². The van der Waals surface area contributed by atoms with E-state index >= 15 is 0 Å². The quantitative estimate of drug-likeness (QED) is 0.682. The predicted octanol–water partition coefficient (Wildman–Crippen LogP) is 3.74. The van der Waals surface area contributed by atoms with Crippen molar-refractivity contribution in [2.75, 3.05) is 5.75 Å². The number of para-hydroxylation sites is 1. The third kappa shape index (κ3) is 2.91. The zero-order valence-electron chi connectivity index (χ0n) is 11.3. The van der Waals surface area contributed by atoms with Crippen molar-refractivity contribution in [3.63, 3.8) is 0 Å². The first-order valence-electron chi connectivity index (χ1n) is 6.46. The number of Topliss-reactive ketones (excluding diaryl/α,β-unsaturated/α-hetero) is 1. The summed E-state index contributed by atoms with van der Waals surface area (Å²) < 4.78 is 29.9. The molecule has 0 saturated heterocycles. The number of benzene rings is 2. The Morgan fingerprint density at radius 3 is 2.41 bits per heavy atom. The smallest absolute Gasteiger partial charge is 0.213 e. The minimum atomic E-state index is -3.73. The second-order valence-corrected chi connectivity index (χ2v) is 7.21. The molecule has 0 radical (unpaired) electrons. The van der Waals surface area contributed by atoms with Gasteiger partial charge in [-0.05, 0) is 36.4 Å². The van der Waals surface area contributed by atoms with E-state index in [1.165, 1.54) is 24.3 Å². The average molecular weight is 335 g/mol. The number of hydrogen-bond donors (Lipinski definition) is 0. The lowest BCUT2D eigenvalue weighted by atomic mass is 10.2. The second kappa shape index (κ2) is 5.59. The summed E-state index contributed by atoms with van der Waals surface area (Å²) in [5, 5.41) is 1.19. The van der Waals surface area contributed by atoms with Gasteiger partial charge in [-0.2, -0.15) is 0 Å².